The molecule has 0 saturated carbocycles. The highest BCUT2D eigenvalue weighted by atomic mass is 16.4. The fourth-order valence-corrected chi connectivity index (χ4v) is 1.94. The maximum absolute atomic E-state index is 11.2. The Morgan fingerprint density at radius 2 is 2.11 bits per heavy atom. The lowest BCUT2D eigenvalue weighted by Crippen LogP contribution is -2.05. The van der Waals surface area contributed by atoms with E-state index in [1.165, 1.54) is 6.20 Å². The van der Waals surface area contributed by atoms with Crippen molar-refractivity contribution in [1.82, 2.24) is 4.98 Å². The van der Waals surface area contributed by atoms with Crippen LogP contribution in [0.3, 0.4) is 0 Å². The van der Waals surface area contributed by atoms with Gasteiger partial charge in [0.05, 0.1) is 5.56 Å². The molecule has 0 saturated heterocycles. The van der Waals surface area contributed by atoms with Crippen molar-refractivity contribution in [2.24, 2.45) is 0 Å². The van der Waals surface area contributed by atoms with Gasteiger partial charge in [-0.1, -0.05) is 36.4 Å². The predicted molar refractivity (Wildman–Crippen MR) is 76.6 cm³/mol. The highest BCUT2D eigenvalue weighted by molar-refractivity contribution is 6.06. The quantitative estimate of drug-likeness (QED) is 0.636. The first kappa shape index (κ1) is 13.1. The molecule has 4 nitrogen and oxygen atoms in total. The van der Waals surface area contributed by atoms with Crippen LogP contribution >= 0.6 is 0 Å². The molecule has 0 spiro atoms. The first-order valence-corrected chi connectivity index (χ1v) is 6.20. The van der Waals surface area contributed by atoms with Gasteiger partial charge in [-0.05, 0) is 13.3 Å². The van der Waals surface area contributed by atoms with E-state index >= 15 is 0 Å². The smallest absolute Gasteiger partial charge is 0.337 e. The van der Waals surface area contributed by atoms with Crippen LogP contribution in [-0.4, -0.2) is 22.6 Å². The number of aromatic nitrogens is 1. The maximum atomic E-state index is 11.2. The number of pyridine rings is 1. The Bertz CT molecular complexity index is 621. The van der Waals surface area contributed by atoms with E-state index in [4.69, 9.17) is 5.11 Å². The molecule has 1 aromatic carbocycles. The third-order valence-corrected chi connectivity index (χ3v) is 2.86. The van der Waals surface area contributed by atoms with Crippen molar-refractivity contribution in [3.05, 3.63) is 48.2 Å². The first-order chi connectivity index (χ1) is 9.24. The van der Waals surface area contributed by atoms with Gasteiger partial charge in [-0.25, -0.2) is 9.78 Å². The van der Waals surface area contributed by atoms with Crippen LogP contribution in [0.15, 0.2) is 42.6 Å². The SMILES string of the molecule is C/C=C/CCNc1ncc(C(=O)O)c2ccccc12. The predicted octanol–water partition coefficient (Wildman–Crippen LogP) is 3.31. The molecule has 0 unspecified atom stereocenters. The molecule has 0 amide bonds. The summed E-state index contributed by atoms with van der Waals surface area (Å²) in [5.41, 5.74) is 0.231. The van der Waals surface area contributed by atoms with Crippen molar-refractivity contribution in [1.29, 1.82) is 0 Å². The highest BCUT2D eigenvalue weighted by Crippen LogP contribution is 2.24. The summed E-state index contributed by atoms with van der Waals surface area (Å²) in [5, 5.41) is 13.9. The molecule has 0 aliphatic carbocycles. The summed E-state index contributed by atoms with van der Waals surface area (Å²) < 4.78 is 0. The van der Waals surface area contributed by atoms with Crippen LogP contribution in [0.2, 0.25) is 0 Å². The lowest BCUT2D eigenvalue weighted by molar-refractivity contribution is 0.0698. The van der Waals surface area contributed by atoms with E-state index in [0.29, 0.717) is 5.39 Å². The van der Waals surface area contributed by atoms with Gasteiger partial charge in [-0.3, -0.25) is 0 Å². The second kappa shape index (κ2) is 6.00. The zero-order valence-electron chi connectivity index (χ0n) is 10.8. The zero-order valence-corrected chi connectivity index (χ0v) is 10.8. The molecule has 2 rings (SSSR count). The molecule has 0 aliphatic heterocycles. The van der Waals surface area contributed by atoms with Crippen molar-refractivity contribution in [2.45, 2.75) is 13.3 Å². The van der Waals surface area contributed by atoms with E-state index in [9.17, 15) is 4.79 Å². The van der Waals surface area contributed by atoms with Gasteiger partial charge in [0.15, 0.2) is 0 Å². The van der Waals surface area contributed by atoms with E-state index in [-0.39, 0.29) is 5.56 Å². The van der Waals surface area contributed by atoms with Crippen molar-refractivity contribution in [3.8, 4) is 0 Å². The zero-order chi connectivity index (χ0) is 13.7. The average Bonchev–Trinajstić information content (AvgIpc) is 2.43. The van der Waals surface area contributed by atoms with E-state index in [1.54, 1.807) is 6.07 Å². The van der Waals surface area contributed by atoms with Gasteiger partial charge in [0.25, 0.3) is 0 Å². The van der Waals surface area contributed by atoms with Gasteiger partial charge >= 0.3 is 5.97 Å². The summed E-state index contributed by atoms with van der Waals surface area (Å²) in [6.07, 6.45) is 6.39. The maximum Gasteiger partial charge on any atom is 0.337 e. The van der Waals surface area contributed by atoms with Gasteiger partial charge in [-0.15, -0.1) is 0 Å². The molecular weight excluding hydrogens is 240 g/mol. The van der Waals surface area contributed by atoms with Gasteiger partial charge in [0.2, 0.25) is 0 Å². The third kappa shape index (κ3) is 2.91. The molecule has 0 aliphatic rings. The summed E-state index contributed by atoms with van der Waals surface area (Å²) in [5.74, 6) is -0.228. The van der Waals surface area contributed by atoms with E-state index in [0.717, 1.165) is 24.2 Å². The lowest BCUT2D eigenvalue weighted by atomic mass is 10.1. The number of anilines is 1. The fourth-order valence-electron chi connectivity index (χ4n) is 1.94. The number of carbonyl (C=O) groups is 1. The second-order valence-electron chi connectivity index (χ2n) is 4.16. The highest BCUT2D eigenvalue weighted by Gasteiger charge is 2.11. The lowest BCUT2D eigenvalue weighted by Gasteiger charge is -2.09. The van der Waals surface area contributed by atoms with Gasteiger partial charge in [0, 0.05) is 23.5 Å². The van der Waals surface area contributed by atoms with Crippen LogP contribution < -0.4 is 5.32 Å². The summed E-state index contributed by atoms with van der Waals surface area (Å²) in [4.78, 5) is 15.4. The molecule has 2 N–H and O–H groups in total. The number of fused-ring (bicyclic) bond motifs is 1. The monoisotopic (exact) mass is 256 g/mol. The van der Waals surface area contributed by atoms with E-state index in [1.807, 2.05) is 31.2 Å². The molecule has 2 aromatic rings. The molecule has 98 valence electrons. The van der Waals surface area contributed by atoms with Crippen LogP contribution in [0.5, 0.6) is 0 Å². The second-order valence-corrected chi connectivity index (χ2v) is 4.16. The van der Waals surface area contributed by atoms with Crippen molar-refractivity contribution < 1.29 is 9.90 Å². The minimum absolute atomic E-state index is 0.231. The topological polar surface area (TPSA) is 62.2 Å². The van der Waals surface area contributed by atoms with Gasteiger partial charge < -0.3 is 10.4 Å². The number of allylic oxidation sites excluding steroid dienone is 1. The van der Waals surface area contributed by atoms with Crippen LogP contribution in [-0.2, 0) is 0 Å². The van der Waals surface area contributed by atoms with Crippen molar-refractivity contribution >= 4 is 22.6 Å². The van der Waals surface area contributed by atoms with E-state index < -0.39 is 5.97 Å². The van der Waals surface area contributed by atoms with Crippen molar-refractivity contribution in [2.75, 3.05) is 11.9 Å². The Balaban J connectivity index is 2.35. The Kier molecular flexibility index (Phi) is 4.13. The average molecular weight is 256 g/mol. The number of aromatic carboxylic acids is 1. The molecule has 19 heavy (non-hydrogen) atoms. The molecular formula is C15H16N2O2. The minimum atomic E-state index is -0.954. The number of rotatable bonds is 5. The summed E-state index contributed by atoms with van der Waals surface area (Å²) in [6.45, 7) is 2.75. The molecule has 0 atom stereocenters. The molecule has 1 aromatic heterocycles. The van der Waals surface area contributed by atoms with Crippen LogP contribution in [0, 0.1) is 0 Å². The normalized spacial score (nSPS) is 11.0. The third-order valence-electron chi connectivity index (χ3n) is 2.86. The fraction of sp³-hybridized carbons (Fsp3) is 0.200. The standard InChI is InChI=1S/C15H16N2O2/c1-2-3-6-9-16-14-12-8-5-4-7-11(12)13(10-17-14)15(18)19/h2-5,7-8,10H,6,9H2,1H3,(H,16,17)(H,18,19)/b3-2+. The molecule has 4 heteroatoms. The van der Waals surface area contributed by atoms with Gasteiger partial charge in [-0.2, -0.15) is 0 Å². The van der Waals surface area contributed by atoms with Crippen LogP contribution in [0.25, 0.3) is 10.8 Å². The number of hydrogen-bond donors (Lipinski definition) is 2. The summed E-state index contributed by atoms with van der Waals surface area (Å²) in [7, 11) is 0. The number of carboxylic acid groups (broad SMARTS) is 1. The Morgan fingerprint density at radius 3 is 2.79 bits per heavy atom. The molecule has 0 radical (unpaired) electrons. The number of nitrogens with one attached hydrogen (secondary N) is 1. The minimum Gasteiger partial charge on any atom is -0.478 e. The number of hydrogen-bond acceptors (Lipinski definition) is 3. The number of nitrogens with zero attached hydrogens (tertiary/aromatic N) is 1. The Hall–Kier alpha value is -2.36. The Morgan fingerprint density at radius 1 is 1.37 bits per heavy atom. The molecule has 0 fully saturated rings. The van der Waals surface area contributed by atoms with Crippen LogP contribution in [0.1, 0.15) is 23.7 Å². The summed E-state index contributed by atoms with van der Waals surface area (Å²) >= 11 is 0. The Labute approximate surface area is 111 Å². The number of benzene rings is 1. The number of carboxylic acids is 1. The molecule has 1 heterocycles. The summed E-state index contributed by atoms with van der Waals surface area (Å²) in [6, 6.07) is 7.40. The van der Waals surface area contributed by atoms with Gasteiger partial charge in [0.1, 0.15) is 5.82 Å². The molecule has 0 bridgehead atoms. The van der Waals surface area contributed by atoms with E-state index in [2.05, 4.69) is 16.4 Å². The van der Waals surface area contributed by atoms with Crippen molar-refractivity contribution in [3.63, 3.8) is 0 Å². The first-order valence-electron chi connectivity index (χ1n) is 6.20. The largest absolute Gasteiger partial charge is 0.478 e. The van der Waals surface area contributed by atoms with Crippen LogP contribution in [0.4, 0.5) is 5.82 Å².